The van der Waals surface area contributed by atoms with E-state index < -0.39 is 35.7 Å². The summed E-state index contributed by atoms with van der Waals surface area (Å²) in [7, 11) is 0. The zero-order chi connectivity index (χ0) is 23.5. The Morgan fingerprint density at radius 1 is 1.12 bits per heavy atom. The van der Waals surface area contributed by atoms with Gasteiger partial charge in [-0.05, 0) is 50.0 Å². The van der Waals surface area contributed by atoms with E-state index in [2.05, 4.69) is 11.9 Å². The zero-order valence-electron chi connectivity index (χ0n) is 19.1. The maximum atomic E-state index is 13.3. The van der Waals surface area contributed by atoms with Gasteiger partial charge < -0.3 is 10.1 Å². The molecule has 7 nitrogen and oxygen atoms in total. The molecule has 0 bridgehead atoms. The number of nitrogens with one attached hydrogen (secondary N) is 2. The van der Waals surface area contributed by atoms with Gasteiger partial charge in [0.2, 0.25) is 11.8 Å². The van der Waals surface area contributed by atoms with Crippen molar-refractivity contribution in [2.75, 3.05) is 0 Å². The molecule has 0 aliphatic heterocycles. The van der Waals surface area contributed by atoms with Gasteiger partial charge in [0, 0.05) is 6.42 Å². The summed E-state index contributed by atoms with van der Waals surface area (Å²) in [6, 6.07) is 8.58. The molecule has 0 heterocycles. The number of ether oxygens (including phenoxy) is 1. The zero-order valence-corrected chi connectivity index (χ0v) is 19.1. The summed E-state index contributed by atoms with van der Waals surface area (Å²) in [5.74, 6) is -2.88. The van der Waals surface area contributed by atoms with Crippen molar-refractivity contribution in [1.29, 1.82) is 0 Å². The van der Waals surface area contributed by atoms with Gasteiger partial charge in [0.05, 0.1) is 11.8 Å². The molecule has 32 heavy (non-hydrogen) atoms. The Balaban J connectivity index is 2.23. The Bertz CT molecular complexity index is 759. The Morgan fingerprint density at radius 3 is 2.34 bits per heavy atom. The molecule has 1 fully saturated rings. The lowest BCUT2D eigenvalue weighted by Crippen LogP contribution is -2.49. The molecule has 3 N–H and O–H groups in total. The molecule has 7 heteroatoms. The minimum absolute atomic E-state index is 0.113. The number of allylic oxidation sites excluding steroid dienone is 1. The predicted octanol–water partition coefficient (Wildman–Crippen LogP) is 3.56. The maximum absolute atomic E-state index is 13.3. The second kappa shape index (κ2) is 13.0. The van der Waals surface area contributed by atoms with Crippen molar-refractivity contribution in [2.45, 2.75) is 70.9 Å². The van der Waals surface area contributed by atoms with Crippen LogP contribution in [-0.4, -0.2) is 35.1 Å². The topological polar surface area (TPSA) is 105 Å². The molecule has 0 aromatic heterocycles. The van der Waals surface area contributed by atoms with E-state index in [1.807, 2.05) is 44.2 Å². The number of hydrogen-bond donors (Lipinski definition) is 3. The minimum Gasteiger partial charge on any atom is -0.461 e. The normalized spacial score (nSPS) is 16.8. The van der Waals surface area contributed by atoms with Crippen molar-refractivity contribution < 1.29 is 24.3 Å². The number of rotatable bonds is 12. The van der Waals surface area contributed by atoms with Crippen LogP contribution in [0.5, 0.6) is 0 Å². The van der Waals surface area contributed by atoms with Gasteiger partial charge in [-0.2, -0.15) is 0 Å². The van der Waals surface area contributed by atoms with Gasteiger partial charge in [-0.15, -0.1) is 6.58 Å². The molecule has 3 atom stereocenters. The van der Waals surface area contributed by atoms with E-state index in [1.165, 1.54) is 0 Å². The summed E-state index contributed by atoms with van der Waals surface area (Å²) in [6.45, 7) is 7.59. The highest BCUT2D eigenvalue weighted by Crippen LogP contribution is 2.26. The highest BCUT2D eigenvalue weighted by atomic mass is 16.5. The van der Waals surface area contributed by atoms with E-state index in [0.29, 0.717) is 12.8 Å². The van der Waals surface area contributed by atoms with Crippen LogP contribution in [0.3, 0.4) is 0 Å². The largest absolute Gasteiger partial charge is 0.461 e. The second-order valence-electron chi connectivity index (χ2n) is 8.94. The van der Waals surface area contributed by atoms with E-state index in [9.17, 15) is 19.6 Å². The molecule has 1 aromatic rings. The van der Waals surface area contributed by atoms with Gasteiger partial charge in [0.25, 0.3) is 0 Å². The fourth-order valence-corrected chi connectivity index (χ4v) is 4.25. The van der Waals surface area contributed by atoms with Gasteiger partial charge in [-0.3, -0.25) is 14.8 Å². The Hall–Kier alpha value is -2.67. The monoisotopic (exact) mass is 444 g/mol. The fourth-order valence-electron chi connectivity index (χ4n) is 4.25. The first-order valence-corrected chi connectivity index (χ1v) is 11.4. The number of amides is 2. The van der Waals surface area contributed by atoms with E-state index in [4.69, 9.17) is 4.74 Å². The fraction of sp³-hybridized carbons (Fsp3) is 0.560. The van der Waals surface area contributed by atoms with Crippen LogP contribution in [0.2, 0.25) is 0 Å². The number of carbonyl (C=O) groups excluding carboxylic acids is 3. The van der Waals surface area contributed by atoms with Crippen LogP contribution in [0, 0.1) is 17.8 Å². The first kappa shape index (κ1) is 25.6. The molecule has 0 saturated heterocycles. The second-order valence-corrected chi connectivity index (χ2v) is 8.94. The summed E-state index contributed by atoms with van der Waals surface area (Å²) in [6.07, 6.45) is 6.13. The van der Waals surface area contributed by atoms with Crippen LogP contribution >= 0.6 is 0 Å². The van der Waals surface area contributed by atoms with Crippen LogP contribution in [0.15, 0.2) is 43.0 Å². The molecule has 176 valence electrons. The summed E-state index contributed by atoms with van der Waals surface area (Å²) >= 11 is 0. The van der Waals surface area contributed by atoms with Gasteiger partial charge in [-0.25, -0.2) is 10.3 Å². The average molecular weight is 445 g/mol. The maximum Gasteiger partial charge on any atom is 0.329 e. The lowest BCUT2D eigenvalue weighted by molar-refractivity contribution is -0.153. The number of hydrogen-bond acceptors (Lipinski definition) is 5. The average Bonchev–Trinajstić information content (AvgIpc) is 3.28. The number of benzene rings is 1. The van der Waals surface area contributed by atoms with Crippen molar-refractivity contribution in [2.24, 2.45) is 17.8 Å². The molecular formula is C25H36N2O5. The molecule has 1 aliphatic rings. The van der Waals surface area contributed by atoms with E-state index in [1.54, 1.807) is 11.6 Å². The summed E-state index contributed by atoms with van der Waals surface area (Å²) < 4.78 is 5.69. The number of carbonyl (C=O) groups is 3. The van der Waals surface area contributed by atoms with Gasteiger partial charge >= 0.3 is 5.97 Å². The molecular weight excluding hydrogens is 408 g/mol. The van der Waals surface area contributed by atoms with Crippen LogP contribution in [0.25, 0.3) is 0 Å². The third-order valence-corrected chi connectivity index (χ3v) is 5.88. The van der Waals surface area contributed by atoms with Gasteiger partial charge in [0.15, 0.2) is 0 Å². The van der Waals surface area contributed by atoms with Crippen LogP contribution < -0.4 is 10.8 Å². The van der Waals surface area contributed by atoms with Crippen molar-refractivity contribution in [3.63, 3.8) is 0 Å². The summed E-state index contributed by atoms with van der Waals surface area (Å²) in [4.78, 5) is 38.6. The third-order valence-electron chi connectivity index (χ3n) is 5.88. The molecule has 0 radical (unpaired) electrons. The third kappa shape index (κ3) is 7.79. The number of esters is 1. The highest BCUT2D eigenvalue weighted by Gasteiger charge is 2.36. The van der Waals surface area contributed by atoms with Crippen LogP contribution in [0.1, 0.15) is 57.9 Å². The van der Waals surface area contributed by atoms with E-state index in [0.717, 1.165) is 31.2 Å². The van der Waals surface area contributed by atoms with Crippen molar-refractivity contribution >= 4 is 17.8 Å². The standard InChI is InChI=1S/C25H36N2O5/c1-4-10-20(24(29)27-31)21(15-17(2)3)23(28)26-22(16-18-11-6-5-7-12-18)25(30)32-19-13-8-9-14-19/h4-7,11-12,17,19-22,31H,1,8-10,13-16H2,2-3H3,(H,26,28)(H,27,29)/t20?,21?,22-/m0/s1. The minimum atomic E-state index is -0.860. The number of hydroxylamine groups is 1. The molecule has 2 rings (SSSR count). The lowest BCUT2D eigenvalue weighted by Gasteiger charge is -2.28. The predicted molar refractivity (Wildman–Crippen MR) is 122 cm³/mol. The summed E-state index contributed by atoms with van der Waals surface area (Å²) in [5.41, 5.74) is 2.56. The van der Waals surface area contributed by atoms with E-state index in [-0.39, 0.29) is 18.4 Å². The van der Waals surface area contributed by atoms with Crippen LogP contribution in [0.4, 0.5) is 0 Å². The van der Waals surface area contributed by atoms with Crippen molar-refractivity contribution in [1.82, 2.24) is 10.8 Å². The molecule has 2 amide bonds. The SMILES string of the molecule is C=CCC(C(=O)NO)C(CC(C)C)C(=O)N[C@@H](Cc1ccccc1)C(=O)OC1CCCC1. The first-order chi connectivity index (χ1) is 15.3. The first-order valence-electron chi connectivity index (χ1n) is 11.4. The van der Waals surface area contributed by atoms with E-state index >= 15 is 0 Å². The lowest BCUT2D eigenvalue weighted by atomic mass is 9.82. The quantitative estimate of drug-likeness (QED) is 0.198. The van der Waals surface area contributed by atoms with Gasteiger partial charge in [-0.1, -0.05) is 50.3 Å². The highest BCUT2D eigenvalue weighted by molar-refractivity contribution is 5.90. The Kier molecular flexibility index (Phi) is 10.4. The summed E-state index contributed by atoms with van der Waals surface area (Å²) in [5, 5.41) is 12.0. The molecule has 1 saturated carbocycles. The molecule has 0 spiro atoms. The smallest absolute Gasteiger partial charge is 0.329 e. The molecule has 1 aliphatic carbocycles. The Morgan fingerprint density at radius 2 is 1.78 bits per heavy atom. The Labute approximate surface area is 190 Å². The van der Waals surface area contributed by atoms with Crippen LogP contribution in [-0.2, 0) is 25.5 Å². The van der Waals surface area contributed by atoms with Gasteiger partial charge in [0.1, 0.15) is 12.1 Å². The molecule has 1 aromatic carbocycles. The molecule has 2 unspecified atom stereocenters. The van der Waals surface area contributed by atoms with Crippen molar-refractivity contribution in [3.05, 3.63) is 48.6 Å². The van der Waals surface area contributed by atoms with Crippen molar-refractivity contribution in [3.8, 4) is 0 Å².